The highest BCUT2D eigenvalue weighted by atomic mass is 16.8. The summed E-state index contributed by atoms with van der Waals surface area (Å²) in [5.74, 6) is 1.96. The van der Waals surface area contributed by atoms with Crippen molar-refractivity contribution in [3.05, 3.63) is 418 Å². The van der Waals surface area contributed by atoms with Crippen molar-refractivity contribution in [2.24, 2.45) is 0 Å². The van der Waals surface area contributed by atoms with E-state index >= 15 is 0 Å². The second-order valence-electron chi connectivity index (χ2n) is 24.9. The van der Waals surface area contributed by atoms with Gasteiger partial charge < -0.3 is 44.5 Å². The van der Waals surface area contributed by atoms with Gasteiger partial charge in [-0.25, -0.2) is 4.79 Å². The van der Waals surface area contributed by atoms with E-state index in [2.05, 4.69) is 256 Å². The number of fused-ring (bicyclic) bond motifs is 6. The maximum absolute atomic E-state index is 9.85. The molecule has 1 saturated heterocycles. The molecule has 0 amide bonds. The van der Waals surface area contributed by atoms with Gasteiger partial charge in [0.1, 0.15) is 49.4 Å². The average Bonchev–Trinajstić information content (AvgIpc) is 1.54. The van der Waals surface area contributed by atoms with Crippen molar-refractivity contribution in [3.63, 3.8) is 0 Å². The van der Waals surface area contributed by atoms with E-state index in [4.69, 9.17) is 24.8 Å². The summed E-state index contributed by atoms with van der Waals surface area (Å²) in [6, 6.07) is 117. The molecule has 0 aromatic heterocycles. The monoisotopic (exact) mass is 1410 g/mol. The van der Waals surface area contributed by atoms with Gasteiger partial charge in [-0.1, -0.05) is 325 Å². The topological polar surface area (TPSA) is 155 Å². The zero-order chi connectivity index (χ0) is 74.6. The van der Waals surface area contributed by atoms with E-state index in [1.165, 1.54) is 66.8 Å². The molecule has 1 aliphatic heterocycles. The number of ether oxygens (including phenoxy) is 4. The van der Waals surface area contributed by atoms with Crippen LogP contribution in [0.1, 0.15) is 100 Å². The van der Waals surface area contributed by atoms with Crippen molar-refractivity contribution < 1.29 is 49.3 Å². The largest absolute Gasteiger partial charge is 0.508 e. The lowest BCUT2D eigenvalue weighted by Gasteiger charge is -2.34. The molecule has 0 atom stereocenters. The van der Waals surface area contributed by atoms with Crippen LogP contribution in [-0.2, 0) is 52.6 Å². The van der Waals surface area contributed by atoms with Gasteiger partial charge in [-0.3, -0.25) is 0 Å². The molecule has 0 saturated carbocycles. The average molecular weight is 1410 g/mol. The third-order valence-corrected chi connectivity index (χ3v) is 18.4. The third kappa shape index (κ3) is 20.5. The van der Waals surface area contributed by atoms with E-state index in [0.717, 1.165) is 65.0 Å². The second kappa shape index (κ2) is 41.5. The lowest BCUT2D eigenvalue weighted by molar-refractivity contribution is 0.131. The van der Waals surface area contributed by atoms with Crippen LogP contribution in [0, 0.1) is 0 Å². The van der Waals surface area contributed by atoms with E-state index in [1.807, 2.05) is 103 Å². The molecular weight excluding hydrogens is 1310 g/mol. The van der Waals surface area contributed by atoms with Crippen LogP contribution < -0.4 is 9.47 Å². The summed E-state index contributed by atoms with van der Waals surface area (Å²) in [6.07, 6.45) is 4.01. The van der Waals surface area contributed by atoms with Crippen molar-refractivity contribution in [3.8, 4) is 45.3 Å². The minimum Gasteiger partial charge on any atom is -0.508 e. The molecule has 0 unspecified atom stereocenters. The molecule has 10 nitrogen and oxygen atoms in total. The van der Waals surface area contributed by atoms with Gasteiger partial charge in [0.2, 0.25) is 0 Å². The Morgan fingerprint density at radius 1 is 0.292 bits per heavy atom. The van der Waals surface area contributed by atoms with Gasteiger partial charge in [0.25, 0.3) is 0 Å². The van der Waals surface area contributed by atoms with Gasteiger partial charge in [-0.2, -0.15) is 0 Å². The predicted octanol–water partition coefficient (Wildman–Crippen LogP) is 20.6. The molecule has 10 heteroatoms. The number of phenolic OH excluding ortho intramolecular Hbond substituents is 2. The Kier molecular flexibility index (Phi) is 30.7. The van der Waals surface area contributed by atoms with E-state index in [0.29, 0.717) is 13.2 Å². The summed E-state index contributed by atoms with van der Waals surface area (Å²) in [7, 11) is 0. The Bertz CT molecular complexity index is 4220. The number of phenols is 2. The Morgan fingerprint density at radius 3 is 0.717 bits per heavy atom. The summed E-state index contributed by atoms with van der Waals surface area (Å²) < 4.78 is 19.8. The summed E-state index contributed by atoms with van der Waals surface area (Å²) in [6.45, 7) is 10.1. The van der Waals surface area contributed by atoms with E-state index in [1.54, 1.807) is 24.3 Å². The molecule has 0 spiro atoms. The SMILES string of the molecule is CCc1ccccc1.CCc1ccccc1.CCc1ccccc1.CCc1ccccc1.O=C1OCCO1.OCCOc1ccc(C2(c3ccc(OCCO)cc3)c3ccccc3-c3ccccc32)cc1.OCc1ccccc1.Oc1ccc(C2(c3ccc(O)cc3)c3ccccc3-c3ccccc32)cc1. The van der Waals surface area contributed by atoms with Gasteiger partial charge in [-0.15, -0.1) is 0 Å². The molecule has 16 rings (SSSR count). The number of hydrogen-bond acceptors (Lipinski definition) is 10. The van der Waals surface area contributed by atoms with E-state index in [-0.39, 0.29) is 44.5 Å². The molecular formula is C96H96O10. The van der Waals surface area contributed by atoms with Gasteiger partial charge in [-0.05, 0) is 169 Å². The minimum atomic E-state index is -0.546. The number of carbonyl (C=O) groups excluding carboxylic acids is 1. The van der Waals surface area contributed by atoms with Crippen LogP contribution in [0.3, 0.4) is 0 Å². The third-order valence-electron chi connectivity index (χ3n) is 18.4. The standard InChI is InChI=1S/C29H26O4.C25H18O2.4C8H10.C7H8O.C3H4O3/c30-17-19-32-23-13-9-21(10-14-23)29(22-11-15-24(16-12-22)33-20-18-31)27-7-3-1-5-25(27)26-6-2-4-8-28(26)29;26-19-13-9-17(10-14-19)25(18-11-15-20(27)16-12-18)23-7-3-1-5-21(23)22-6-2-4-8-24(22)25;4*1-2-8-6-4-3-5-7-8;8-6-7-4-2-1-3-5-7;4-3-5-1-2-6-3/h1-16,30-31H,17-20H2;1-16,26-27H;4*3-7H,2H2,1H3;1-5,8H,6H2;1-2H2. The fraction of sp³-hybridized carbons (Fsp3) is 0.177. The van der Waals surface area contributed by atoms with Crippen LogP contribution >= 0.6 is 0 Å². The molecule has 5 N–H and O–H groups in total. The fourth-order valence-corrected chi connectivity index (χ4v) is 13.1. The van der Waals surface area contributed by atoms with Gasteiger partial charge >= 0.3 is 6.16 Å². The lowest BCUT2D eigenvalue weighted by Crippen LogP contribution is -2.28. The first-order valence-corrected chi connectivity index (χ1v) is 36.3. The van der Waals surface area contributed by atoms with Crippen molar-refractivity contribution in [2.75, 3.05) is 39.6 Å². The number of aliphatic hydroxyl groups excluding tert-OH is 3. The Balaban J connectivity index is 0.000000156. The maximum atomic E-state index is 9.85. The second-order valence-corrected chi connectivity index (χ2v) is 24.9. The Labute approximate surface area is 625 Å². The molecule has 0 bridgehead atoms. The highest BCUT2D eigenvalue weighted by molar-refractivity contribution is 5.87. The van der Waals surface area contributed by atoms with Gasteiger partial charge in [0.15, 0.2) is 0 Å². The number of aliphatic hydroxyl groups is 3. The maximum Gasteiger partial charge on any atom is 0.508 e. The van der Waals surface area contributed by atoms with Gasteiger partial charge in [0.05, 0.1) is 30.7 Å². The Hall–Kier alpha value is -11.8. The quantitative estimate of drug-likeness (QED) is 0.0627. The molecule has 1 heterocycles. The highest BCUT2D eigenvalue weighted by Crippen LogP contribution is 2.58. The van der Waals surface area contributed by atoms with Crippen LogP contribution in [0.2, 0.25) is 0 Å². The zero-order valence-corrected chi connectivity index (χ0v) is 61.0. The molecule has 106 heavy (non-hydrogen) atoms. The molecule has 540 valence electrons. The number of aromatic hydroxyl groups is 2. The number of benzene rings is 13. The van der Waals surface area contributed by atoms with Crippen LogP contribution in [-0.4, -0.2) is 71.3 Å². The molecule has 13 aromatic carbocycles. The van der Waals surface area contributed by atoms with Crippen molar-refractivity contribution in [1.82, 2.24) is 0 Å². The van der Waals surface area contributed by atoms with Crippen LogP contribution in [0.5, 0.6) is 23.0 Å². The highest BCUT2D eigenvalue weighted by Gasteiger charge is 2.47. The summed E-state index contributed by atoms with van der Waals surface area (Å²) in [5, 5.41) is 46.4. The fourth-order valence-electron chi connectivity index (χ4n) is 13.1. The summed E-state index contributed by atoms with van der Waals surface area (Å²) >= 11 is 0. The first kappa shape index (κ1) is 78.3. The number of hydrogen-bond donors (Lipinski definition) is 5. The molecule has 0 radical (unpaired) electrons. The normalized spacial score (nSPS) is 12.2. The molecule has 2 aliphatic carbocycles. The number of carbonyl (C=O) groups is 1. The van der Waals surface area contributed by atoms with Crippen LogP contribution in [0.15, 0.2) is 346 Å². The van der Waals surface area contributed by atoms with Crippen molar-refractivity contribution in [2.45, 2.75) is 70.8 Å². The first-order chi connectivity index (χ1) is 52.0. The summed E-state index contributed by atoms with van der Waals surface area (Å²) in [4.78, 5) is 9.80. The smallest absolute Gasteiger partial charge is 0.508 e. The number of aryl methyl sites for hydroxylation is 4. The van der Waals surface area contributed by atoms with Crippen LogP contribution in [0.4, 0.5) is 4.79 Å². The van der Waals surface area contributed by atoms with Crippen LogP contribution in [0.25, 0.3) is 22.3 Å². The minimum absolute atomic E-state index is 0.0167. The zero-order valence-electron chi connectivity index (χ0n) is 61.0. The van der Waals surface area contributed by atoms with E-state index in [9.17, 15) is 15.0 Å². The predicted molar refractivity (Wildman–Crippen MR) is 429 cm³/mol. The van der Waals surface area contributed by atoms with Gasteiger partial charge in [0, 0.05) is 0 Å². The lowest BCUT2D eigenvalue weighted by atomic mass is 9.68. The van der Waals surface area contributed by atoms with Crippen molar-refractivity contribution in [1.29, 1.82) is 0 Å². The summed E-state index contributed by atoms with van der Waals surface area (Å²) in [5.41, 5.74) is 19.9. The molecule has 3 aliphatic rings. The number of rotatable bonds is 15. The number of cyclic esters (lactones) is 2. The first-order valence-electron chi connectivity index (χ1n) is 36.3. The molecule has 1 fully saturated rings. The van der Waals surface area contributed by atoms with Crippen molar-refractivity contribution >= 4 is 6.16 Å². The van der Waals surface area contributed by atoms with E-state index < -0.39 is 17.0 Å². The Morgan fingerprint density at radius 2 is 0.519 bits per heavy atom. The molecule has 13 aromatic rings.